The summed E-state index contributed by atoms with van der Waals surface area (Å²) in [5.74, 6) is -0.467. The Labute approximate surface area is 187 Å². The lowest BCUT2D eigenvalue weighted by atomic mass is 10.1. The van der Waals surface area contributed by atoms with E-state index in [9.17, 15) is 18.0 Å². The van der Waals surface area contributed by atoms with Crippen molar-refractivity contribution in [1.29, 1.82) is 0 Å². The fourth-order valence-corrected chi connectivity index (χ4v) is 4.93. The third kappa shape index (κ3) is 4.73. The highest BCUT2D eigenvalue weighted by molar-refractivity contribution is 7.89. The Kier molecular flexibility index (Phi) is 7.42. The van der Waals surface area contributed by atoms with Crippen LogP contribution in [0, 0.1) is 0 Å². The topological polar surface area (TPSA) is 101 Å². The highest BCUT2D eigenvalue weighted by Gasteiger charge is 2.22. The molecule has 9 heteroatoms. The maximum Gasteiger partial charge on any atom is 0.276 e. The van der Waals surface area contributed by atoms with Crippen LogP contribution in [0.2, 0.25) is 0 Å². The van der Waals surface area contributed by atoms with E-state index in [1.165, 1.54) is 21.1 Å². The van der Waals surface area contributed by atoms with Crippen molar-refractivity contribution in [3.8, 4) is 0 Å². The number of unbranched alkanes of at least 4 members (excludes halogenated alkanes) is 1. The molecule has 0 bridgehead atoms. The zero-order valence-corrected chi connectivity index (χ0v) is 19.4. The van der Waals surface area contributed by atoms with E-state index in [1.807, 2.05) is 6.92 Å². The van der Waals surface area contributed by atoms with Crippen LogP contribution in [0.1, 0.15) is 44.1 Å². The largest absolute Gasteiger partial charge is 0.321 e. The molecule has 0 saturated carbocycles. The van der Waals surface area contributed by atoms with E-state index in [-0.39, 0.29) is 16.1 Å². The van der Waals surface area contributed by atoms with Gasteiger partial charge in [0.1, 0.15) is 0 Å². The zero-order valence-electron chi connectivity index (χ0n) is 18.5. The Hall–Kier alpha value is -3.04. The number of rotatable bonds is 9. The van der Waals surface area contributed by atoms with Crippen molar-refractivity contribution in [1.82, 2.24) is 14.1 Å². The predicted octanol–water partition coefficient (Wildman–Crippen LogP) is 3.48. The quantitative estimate of drug-likeness (QED) is 0.531. The molecule has 32 heavy (non-hydrogen) atoms. The van der Waals surface area contributed by atoms with Gasteiger partial charge in [0.2, 0.25) is 10.0 Å². The maximum atomic E-state index is 13.0. The molecule has 0 saturated heterocycles. The predicted molar refractivity (Wildman–Crippen MR) is 125 cm³/mol. The number of hydrogen-bond donors (Lipinski definition) is 1. The van der Waals surface area contributed by atoms with Crippen molar-refractivity contribution in [3.05, 3.63) is 64.6 Å². The van der Waals surface area contributed by atoms with Crippen LogP contribution in [-0.2, 0) is 16.6 Å². The molecule has 0 aliphatic carbocycles. The molecule has 8 nitrogen and oxygen atoms in total. The standard InChI is InChI=1S/C23H28N4O4S/c1-4-7-16-27-23(29)20-11-9-8-10-19(20)21(25-27)22(28)24-17-12-14-18(15-13-17)32(30,31)26(5-2)6-3/h8-15H,4-7,16H2,1-3H3,(H,24,28). The minimum atomic E-state index is -3.58. The van der Waals surface area contributed by atoms with E-state index >= 15 is 0 Å². The Morgan fingerprint density at radius 3 is 2.22 bits per heavy atom. The van der Waals surface area contributed by atoms with Crippen molar-refractivity contribution in [2.24, 2.45) is 0 Å². The molecule has 0 spiro atoms. The lowest BCUT2D eigenvalue weighted by Crippen LogP contribution is -2.30. The van der Waals surface area contributed by atoms with Gasteiger partial charge in [-0.25, -0.2) is 13.1 Å². The second-order valence-corrected chi connectivity index (χ2v) is 9.28. The summed E-state index contributed by atoms with van der Waals surface area (Å²) in [6, 6.07) is 12.9. The van der Waals surface area contributed by atoms with Crippen molar-refractivity contribution >= 4 is 32.4 Å². The Morgan fingerprint density at radius 1 is 1.00 bits per heavy atom. The summed E-state index contributed by atoms with van der Waals surface area (Å²) in [6.45, 7) is 6.77. The van der Waals surface area contributed by atoms with Gasteiger partial charge in [0, 0.05) is 30.7 Å². The van der Waals surface area contributed by atoms with Crippen LogP contribution in [0.25, 0.3) is 10.8 Å². The summed E-state index contributed by atoms with van der Waals surface area (Å²) in [5.41, 5.74) is 0.360. The van der Waals surface area contributed by atoms with Crippen LogP contribution in [0.15, 0.2) is 58.2 Å². The second kappa shape index (κ2) is 10.1. The summed E-state index contributed by atoms with van der Waals surface area (Å²) in [4.78, 5) is 25.9. The number of benzene rings is 2. The van der Waals surface area contributed by atoms with Crippen LogP contribution in [0.5, 0.6) is 0 Å². The van der Waals surface area contributed by atoms with Crippen molar-refractivity contribution in [2.75, 3.05) is 18.4 Å². The average molecular weight is 457 g/mol. The zero-order chi connectivity index (χ0) is 23.3. The molecule has 0 unspecified atom stereocenters. The van der Waals surface area contributed by atoms with Crippen molar-refractivity contribution in [2.45, 2.75) is 45.1 Å². The minimum absolute atomic E-state index is 0.149. The molecular weight excluding hydrogens is 428 g/mol. The van der Waals surface area contributed by atoms with E-state index in [0.717, 1.165) is 12.8 Å². The first-order valence-electron chi connectivity index (χ1n) is 10.7. The van der Waals surface area contributed by atoms with Gasteiger partial charge in [-0.05, 0) is 36.8 Å². The monoisotopic (exact) mass is 456 g/mol. The number of aromatic nitrogens is 2. The molecule has 0 atom stereocenters. The second-order valence-electron chi connectivity index (χ2n) is 7.34. The third-order valence-electron chi connectivity index (χ3n) is 5.26. The third-order valence-corrected chi connectivity index (χ3v) is 7.33. The molecule has 0 aliphatic rings. The van der Waals surface area contributed by atoms with Gasteiger partial charge in [-0.2, -0.15) is 9.40 Å². The highest BCUT2D eigenvalue weighted by atomic mass is 32.2. The fraction of sp³-hybridized carbons (Fsp3) is 0.348. The summed E-state index contributed by atoms with van der Waals surface area (Å²) in [7, 11) is -3.58. The van der Waals surface area contributed by atoms with Gasteiger partial charge >= 0.3 is 0 Å². The number of amides is 1. The molecule has 3 aromatic rings. The van der Waals surface area contributed by atoms with Gasteiger partial charge in [-0.3, -0.25) is 9.59 Å². The van der Waals surface area contributed by atoms with E-state index in [2.05, 4.69) is 10.4 Å². The summed E-state index contributed by atoms with van der Waals surface area (Å²) in [5, 5.41) is 8.00. The molecule has 170 valence electrons. The maximum absolute atomic E-state index is 13.0. The summed E-state index contributed by atoms with van der Waals surface area (Å²) >= 11 is 0. The smallest absolute Gasteiger partial charge is 0.276 e. The van der Waals surface area contributed by atoms with Crippen LogP contribution in [0.3, 0.4) is 0 Å². The SMILES string of the molecule is CCCCn1nc(C(=O)Nc2ccc(S(=O)(=O)N(CC)CC)cc2)c2ccccc2c1=O. The number of sulfonamides is 1. The van der Waals surface area contributed by atoms with Crippen molar-refractivity contribution < 1.29 is 13.2 Å². The molecule has 0 fully saturated rings. The van der Waals surface area contributed by atoms with Crippen LogP contribution >= 0.6 is 0 Å². The molecular formula is C23H28N4O4S. The Balaban J connectivity index is 1.92. The Bertz CT molecular complexity index is 1260. The minimum Gasteiger partial charge on any atom is -0.321 e. The lowest BCUT2D eigenvalue weighted by molar-refractivity contribution is 0.102. The number of nitrogens with zero attached hydrogens (tertiary/aromatic N) is 3. The van der Waals surface area contributed by atoms with Crippen LogP contribution in [0.4, 0.5) is 5.69 Å². The van der Waals surface area contributed by atoms with E-state index in [4.69, 9.17) is 0 Å². The summed E-state index contributed by atoms with van der Waals surface area (Å²) < 4.78 is 28.0. The van der Waals surface area contributed by atoms with E-state index < -0.39 is 15.9 Å². The van der Waals surface area contributed by atoms with Gasteiger partial charge in [0.15, 0.2) is 5.69 Å². The molecule has 1 N–H and O–H groups in total. The fourth-order valence-electron chi connectivity index (χ4n) is 3.48. The van der Waals surface area contributed by atoms with Gasteiger partial charge in [0.05, 0.1) is 10.3 Å². The first-order chi connectivity index (χ1) is 15.3. The molecule has 0 aliphatic heterocycles. The molecule has 1 aromatic heterocycles. The van der Waals surface area contributed by atoms with Gasteiger partial charge in [0.25, 0.3) is 11.5 Å². The number of fused-ring (bicyclic) bond motifs is 1. The van der Waals surface area contributed by atoms with Crippen LogP contribution < -0.4 is 10.9 Å². The molecule has 1 amide bonds. The van der Waals surface area contributed by atoms with E-state index in [0.29, 0.717) is 36.1 Å². The number of carbonyl (C=O) groups is 1. The van der Waals surface area contributed by atoms with E-state index in [1.54, 1.807) is 50.2 Å². The average Bonchev–Trinajstić information content (AvgIpc) is 2.79. The molecule has 0 radical (unpaired) electrons. The molecule has 1 heterocycles. The first kappa shape index (κ1) is 23.6. The van der Waals surface area contributed by atoms with Gasteiger partial charge in [-0.15, -0.1) is 0 Å². The number of hydrogen-bond acceptors (Lipinski definition) is 5. The summed E-state index contributed by atoms with van der Waals surface area (Å²) in [6.07, 6.45) is 1.67. The normalized spacial score (nSPS) is 11.8. The number of anilines is 1. The molecule has 3 rings (SSSR count). The number of carbonyl (C=O) groups excluding carboxylic acids is 1. The lowest BCUT2D eigenvalue weighted by Gasteiger charge is -2.18. The van der Waals surface area contributed by atoms with Gasteiger partial charge in [-0.1, -0.05) is 45.4 Å². The number of aryl methyl sites for hydroxylation is 1. The molecule has 2 aromatic carbocycles. The number of nitrogens with one attached hydrogen (secondary N) is 1. The van der Waals surface area contributed by atoms with Gasteiger partial charge < -0.3 is 5.32 Å². The van der Waals surface area contributed by atoms with Crippen molar-refractivity contribution in [3.63, 3.8) is 0 Å². The van der Waals surface area contributed by atoms with Crippen LogP contribution in [-0.4, -0.2) is 41.5 Å². The highest BCUT2D eigenvalue weighted by Crippen LogP contribution is 2.20. The first-order valence-corrected chi connectivity index (χ1v) is 12.2. The Morgan fingerprint density at radius 2 is 1.62 bits per heavy atom.